The highest BCUT2D eigenvalue weighted by molar-refractivity contribution is 5.94. The molecule has 0 rings (SSSR count). The van der Waals surface area contributed by atoms with Crippen LogP contribution in [0.25, 0.3) is 0 Å². The molecular weight excluding hydrogens is 208 g/mol. The van der Waals surface area contributed by atoms with Crippen LogP contribution in [0.2, 0.25) is 0 Å². The van der Waals surface area contributed by atoms with Crippen molar-refractivity contribution < 1.29 is 14.4 Å². The number of nitrogens with zero attached hydrogens (tertiary/aromatic N) is 2. The van der Waals surface area contributed by atoms with Gasteiger partial charge in [-0.05, 0) is 18.9 Å². The molecule has 0 amide bonds. The highest BCUT2D eigenvalue weighted by Crippen LogP contribution is 2.08. The summed E-state index contributed by atoms with van der Waals surface area (Å²) in [6, 6.07) is -0.662. The first-order valence-electron chi connectivity index (χ1n) is 5.03. The summed E-state index contributed by atoms with van der Waals surface area (Å²) in [6.45, 7) is 3.78. The van der Waals surface area contributed by atoms with Gasteiger partial charge in [0.2, 0.25) is 12.2 Å². The van der Waals surface area contributed by atoms with Gasteiger partial charge in [0.1, 0.15) is 6.04 Å². The third kappa shape index (κ3) is 6.60. The molecule has 5 nitrogen and oxygen atoms in total. The molecule has 0 aliphatic rings. The molecule has 1 unspecified atom stereocenters. The molecule has 0 aromatic heterocycles. The third-order valence-electron chi connectivity index (χ3n) is 2.05. The van der Waals surface area contributed by atoms with Crippen molar-refractivity contribution in [1.82, 2.24) is 0 Å². The van der Waals surface area contributed by atoms with Crippen molar-refractivity contribution in [3.05, 3.63) is 12.7 Å². The minimum absolute atomic E-state index is 0.269. The molecule has 0 bridgehead atoms. The number of unbranched alkanes of at least 4 members (excludes halogenated alkanes) is 2. The Hall–Kier alpha value is -1.83. The van der Waals surface area contributed by atoms with E-state index in [0.29, 0.717) is 13.0 Å². The van der Waals surface area contributed by atoms with Crippen LogP contribution in [-0.4, -0.2) is 30.5 Å². The van der Waals surface area contributed by atoms with Gasteiger partial charge < -0.3 is 0 Å². The van der Waals surface area contributed by atoms with Gasteiger partial charge in [-0.1, -0.05) is 19.4 Å². The zero-order valence-corrected chi connectivity index (χ0v) is 9.02. The van der Waals surface area contributed by atoms with Crippen molar-refractivity contribution in [2.45, 2.75) is 31.7 Å². The van der Waals surface area contributed by atoms with Crippen LogP contribution < -0.4 is 0 Å². The topological polar surface area (TPSA) is 75.9 Å². The normalized spacial score (nSPS) is 10.8. The largest absolute Gasteiger partial charge is 0.292 e. The van der Waals surface area contributed by atoms with E-state index in [-0.39, 0.29) is 5.78 Å². The third-order valence-corrected chi connectivity index (χ3v) is 2.05. The average Bonchev–Trinajstić information content (AvgIpc) is 2.31. The minimum atomic E-state index is -0.662. The predicted molar refractivity (Wildman–Crippen MR) is 58.6 cm³/mol. The van der Waals surface area contributed by atoms with Gasteiger partial charge in [-0.15, -0.1) is 0 Å². The van der Waals surface area contributed by atoms with E-state index in [1.54, 1.807) is 0 Å². The SMILES string of the molecule is C=CC(=O)C(CCCCCN=C=O)N=C=O. The van der Waals surface area contributed by atoms with Crippen LogP contribution in [0.15, 0.2) is 22.6 Å². The predicted octanol–water partition coefficient (Wildman–Crippen LogP) is 1.34. The van der Waals surface area contributed by atoms with E-state index in [4.69, 9.17) is 0 Å². The highest BCUT2D eigenvalue weighted by Gasteiger charge is 2.13. The average molecular weight is 222 g/mol. The summed E-state index contributed by atoms with van der Waals surface area (Å²) in [6.07, 6.45) is 6.80. The maximum Gasteiger partial charge on any atom is 0.235 e. The van der Waals surface area contributed by atoms with Crippen LogP contribution in [0.3, 0.4) is 0 Å². The summed E-state index contributed by atoms with van der Waals surface area (Å²) >= 11 is 0. The Morgan fingerprint density at radius 3 is 2.56 bits per heavy atom. The Morgan fingerprint density at radius 2 is 2.00 bits per heavy atom. The molecule has 16 heavy (non-hydrogen) atoms. The molecule has 0 saturated carbocycles. The first kappa shape index (κ1) is 14.2. The van der Waals surface area contributed by atoms with E-state index in [1.807, 2.05) is 0 Å². The van der Waals surface area contributed by atoms with E-state index in [9.17, 15) is 14.4 Å². The van der Waals surface area contributed by atoms with Crippen molar-refractivity contribution in [3.63, 3.8) is 0 Å². The lowest BCUT2D eigenvalue weighted by atomic mass is 10.1. The van der Waals surface area contributed by atoms with E-state index in [1.165, 1.54) is 12.2 Å². The molecule has 0 aliphatic carbocycles. The van der Waals surface area contributed by atoms with Crippen LogP contribution >= 0.6 is 0 Å². The fraction of sp³-hybridized carbons (Fsp3) is 0.545. The summed E-state index contributed by atoms with van der Waals surface area (Å²) in [5.41, 5.74) is 0. The summed E-state index contributed by atoms with van der Waals surface area (Å²) in [5, 5.41) is 0. The minimum Gasteiger partial charge on any atom is -0.292 e. The summed E-state index contributed by atoms with van der Waals surface area (Å²) in [7, 11) is 0. The fourth-order valence-corrected chi connectivity index (χ4v) is 1.22. The van der Waals surface area contributed by atoms with Gasteiger partial charge >= 0.3 is 0 Å². The Bertz CT molecular complexity index is 326. The molecule has 0 fully saturated rings. The Kier molecular flexibility index (Phi) is 8.60. The number of hydrogen-bond donors (Lipinski definition) is 0. The number of carbonyl (C=O) groups excluding carboxylic acids is 3. The molecule has 5 heteroatoms. The van der Waals surface area contributed by atoms with Crippen LogP contribution in [0.1, 0.15) is 25.7 Å². The standard InChI is InChI=1S/C11H14N2O3/c1-2-11(16)10(13-9-15)6-4-3-5-7-12-8-14/h2,10H,1,3-7H2. The molecule has 0 aliphatic heterocycles. The second kappa shape index (κ2) is 9.71. The number of rotatable bonds is 9. The molecule has 0 saturated heterocycles. The van der Waals surface area contributed by atoms with Gasteiger partial charge in [-0.3, -0.25) is 4.79 Å². The lowest BCUT2D eigenvalue weighted by Crippen LogP contribution is -2.15. The zero-order valence-electron chi connectivity index (χ0n) is 9.02. The van der Waals surface area contributed by atoms with Crippen LogP contribution in [0.4, 0.5) is 0 Å². The molecule has 0 aromatic rings. The van der Waals surface area contributed by atoms with Gasteiger partial charge in [-0.2, -0.15) is 4.99 Å². The second-order valence-corrected chi connectivity index (χ2v) is 3.17. The van der Waals surface area contributed by atoms with Gasteiger partial charge in [0.05, 0.1) is 6.54 Å². The molecule has 0 aromatic carbocycles. The zero-order chi connectivity index (χ0) is 12.2. The molecule has 0 heterocycles. The summed E-state index contributed by atoms with van der Waals surface area (Å²) < 4.78 is 0. The molecule has 86 valence electrons. The molecule has 1 atom stereocenters. The van der Waals surface area contributed by atoms with Gasteiger partial charge in [0, 0.05) is 0 Å². The molecule has 0 radical (unpaired) electrons. The van der Waals surface area contributed by atoms with E-state index >= 15 is 0 Å². The second-order valence-electron chi connectivity index (χ2n) is 3.17. The van der Waals surface area contributed by atoms with Gasteiger partial charge in [0.15, 0.2) is 5.78 Å². The Labute approximate surface area is 94.0 Å². The maximum absolute atomic E-state index is 11.2. The quantitative estimate of drug-likeness (QED) is 0.255. The first-order chi connectivity index (χ1) is 7.76. The Balaban J connectivity index is 3.85. The van der Waals surface area contributed by atoms with E-state index in [0.717, 1.165) is 25.3 Å². The van der Waals surface area contributed by atoms with Crippen molar-refractivity contribution >= 4 is 17.9 Å². The molecular formula is C11H14N2O3. The fourth-order valence-electron chi connectivity index (χ4n) is 1.22. The molecule has 0 spiro atoms. The van der Waals surface area contributed by atoms with E-state index in [2.05, 4.69) is 16.6 Å². The van der Waals surface area contributed by atoms with Crippen LogP contribution in [-0.2, 0) is 14.4 Å². The Morgan fingerprint density at radius 1 is 1.25 bits per heavy atom. The summed E-state index contributed by atoms with van der Waals surface area (Å²) in [5.74, 6) is -0.269. The van der Waals surface area contributed by atoms with Crippen molar-refractivity contribution in [3.8, 4) is 0 Å². The van der Waals surface area contributed by atoms with Gasteiger partial charge in [-0.25, -0.2) is 14.6 Å². The molecule has 0 N–H and O–H groups in total. The number of hydrogen-bond acceptors (Lipinski definition) is 5. The van der Waals surface area contributed by atoms with Gasteiger partial charge in [0.25, 0.3) is 0 Å². The lowest BCUT2D eigenvalue weighted by Gasteiger charge is -2.05. The number of ketones is 1. The number of carbonyl (C=O) groups is 1. The smallest absolute Gasteiger partial charge is 0.235 e. The first-order valence-corrected chi connectivity index (χ1v) is 5.03. The van der Waals surface area contributed by atoms with Crippen LogP contribution in [0.5, 0.6) is 0 Å². The van der Waals surface area contributed by atoms with Crippen molar-refractivity contribution in [1.29, 1.82) is 0 Å². The monoisotopic (exact) mass is 222 g/mol. The highest BCUT2D eigenvalue weighted by atomic mass is 16.1. The summed E-state index contributed by atoms with van der Waals surface area (Å²) in [4.78, 5) is 37.9. The number of aliphatic imine (C=N–C) groups is 2. The lowest BCUT2D eigenvalue weighted by molar-refractivity contribution is -0.115. The van der Waals surface area contributed by atoms with Crippen molar-refractivity contribution in [2.24, 2.45) is 9.98 Å². The van der Waals surface area contributed by atoms with Crippen LogP contribution in [0, 0.1) is 0 Å². The van der Waals surface area contributed by atoms with E-state index < -0.39 is 6.04 Å². The van der Waals surface area contributed by atoms with Crippen molar-refractivity contribution in [2.75, 3.05) is 6.54 Å². The number of isocyanates is 2. The maximum atomic E-state index is 11.2.